The summed E-state index contributed by atoms with van der Waals surface area (Å²) in [5.74, 6) is 0.859. The van der Waals surface area contributed by atoms with Crippen LogP contribution >= 0.6 is 0 Å². The van der Waals surface area contributed by atoms with Gasteiger partial charge in [-0.15, -0.1) is 0 Å². The Bertz CT molecular complexity index is 598. The summed E-state index contributed by atoms with van der Waals surface area (Å²) in [5.41, 5.74) is 0.552. The Morgan fingerprint density at radius 1 is 1.31 bits per heavy atom. The summed E-state index contributed by atoms with van der Waals surface area (Å²) in [5, 5.41) is 13.6. The number of hydrogen-bond acceptors (Lipinski definition) is 5. The van der Waals surface area contributed by atoms with Crippen molar-refractivity contribution in [1.29, 1.82) is 0 Å². The largest absolute Gasteiger partial charge is 0.491 e. The Balaban J connectivity index is 1.84. The maximum Gasteiger partial charge on any atom is 0.410 e. The fraction of sp³-hybridized carbons (Fsp3) is 0.650. The zero-order valence-electron chi connectivity index (χ0n) is 16.5. The number of aliphatic hydroxyl groups is 1. The van der Waals surface area contributed by atoms with Crippen molar-refractivity contribution in [3.8, 4) is 5.75 Å². The molecule has 6 nitrogen and oxygen atoms in total. The molecule has 6 heteroatoms. The third-order valence-corrected chi connectivity index (χ3v) is 4.12. The van der Waals surface area contributed by atoms with Gasteiger partial charge in [0, 0.05) is 31.1 Å². The Kier molecular flexibility index (Phi) is 6.89. The van der Waals surface area contributed by atoms with E-state index < -0.39 is 11.7 Å². The van der Waals surface area contributed by atoms with Crippen LogP contribution in [0, 0.1) is 5.92 Å². The number of rotatable bonds is 6. The monoisotopic (exact) mass is 364 g/mol. The number of nitrogens with one attached hydrogen (secondary N) is 1. The first-order valence-corrected chi connectivity index (χ1v) is 9.27. The number of carbonyl (C=O) groups excluding carboxylic acids is 1. The highest BCUT2D eigenvalue weighted by molar-refractivity contribution is 5.68. The van der Waals surface area contributed by atoms with Gasteiger partial charge in [-0.3, -0.25) is 0 Å². The molecule has 1 heterocycles. The van der Waals surface area contributed by atoms with Crippen LogP contribution in [0.1, 0.15) is 40.2 Å². The molecule has 1 aliphatic heterocycles. The van der Waals surface area contributed by atoms with Crippen molar-refractivity contribution in [3.63, 3.8) is 0 Å². The van der Waals surface area contributed by atoms with Crippen molar-refractivity contribution in [2.75, 3.05) is 19.6 Å². The highest BCUT2D eigenvalue weighted by atomic mass is 16.6. The van der Waals surface area contributed by atoms with E-state index in [4.69, 9.17) is 9.47 Å². The average molecular weight is 364 g/mol. The van der Waals surface area contributed by atoms with Crippen molar-refractivity contribution >= 4 is 6.09 Å². The van der Waals surface area contributed by atoms with Gasteiger partial charge in [-0.25, -0.2) is 4.79 Å². The number of nitrogens with zero attached hydrogens (tertiary/aromatic N) is 1. The highest BCUT2D eigenvalue weighted by Gasteiger charge is 2.35. The van der Waals surface area contributed by atoms with Gasteiger partial charge >= 0.3 is 6.09 Å². The van der Waals surface area contributed by atoms with Crippen LogP contribution in [0.4, 0.5) is 4.79 Å². The second-order valence-electron chi connectivity index (χ2n) is 8.12. The Labute approximate surface area is 156 Å². The van der Waals surface area contributed by atoms with Crippen LogP contribution in [-0.2, 0) is 11.3 Å². The van der Waals surface area contributed by atoms with Crippen LogP contribution < -0.4 is 10.1 Å². The first-order chi connectivity index (χ1) is 12.2. The second kappa shape index (κ2) is 8.73. The Hall–Kier alpha value is -1.79. The summed E-state index contributed by atoms with van der Waals surface area (Å²) in [4.78, 5) is 13.7. The molecular weight excluding hydrogens is 332 g/mol. The lowest BCUT2D eigenvalue weighted by atomic mass is 10.1. The van der Waals surface area contributed by atoms with E-state index >= 15 is 0 Å². The number of amides is 1. The van der Waals surface area contributed by atoms with Crippen molar-refractivity contribution in [2.45, 2.75) is 59.0 Å². The molecule has 1 fully saturated rings. The molecule has 1 amide bonds. The lowest BCUT2D eigenvalue weighted by molar-refractivity contribution is 0.0269. The first kappa shape index (κ1) is 20.5. The fourth-order valence-electron chi connectivity index (χ4n) is 2.94. The summed E-state index contributed by atoms with van der Waals surface area (Å²) < 4.78 is 11.2. The molecular formula is C20H32N2O4. The van der Waals surface area contributed by atoms with Gasteiger partial charge in [0.25, 0.3) is 0 Å². The van der Waals surface area contributed by atoms with E-state index in [2.05, 4.69) is 5.32 Å². The topological polar surface area (TPSA) is 71.0 Å². The summed E-state index contributed by atoms with van der Waals surface area (Å²) in [6, 6.07) is 7.94. The number of hydrogen-bond donors (Lipinski definition) is 2. The number of carbonyl (C=O) groups is 1. The Morgan fingerprint density at radius 2 is 2.00 bits per heavy atom. The number of likely N-dealkylation sites (tertiary alicyclic amines) is 1. The fourth-order valence-corrected chi connectivity index (χ4v) is 2.94. The Morgan fingerprint density at radius 3 is 2.65 bits per heavy atom. The smallest absolute Gasteiger partial charge is 0.410 e. The molecule has 2 rings (SSSR count). The van der Waals surface area contributed by atoms with Gasteiger partial charge in [0.1, 0.15) is 11.4 Å². The van der Waals surface area contributed by atoms with Gasteiger partial charge in [-0.1, -0.05) is 18.2 Å². The molecule has 0 saturated carbocycles. The maximum absolute atomic E-state index is 12.2. The van der Waals surface area contributed by atoms with Crippen molar-refractivity contribution in [1.82, 2.24) is 10.2 Å². The van der Waals surface area contributed by atoms with Gasteiger partial charge in [0.15, 0.2) is 0 Å². The molecule has 1 saturated heterocycles. The van der Waals surface area contributed by atoms with Crippen molar-refractivity contribution < 1.29 is 19.4 Å². The van der Waals surface area contributed by atoms with E-state index in [0.717, 1.165) is 11.3 Å². The zero-order chi connectivity index (χ0) is 19.3. The highest BCUT2D eigenvalue weighted by Crippen LogP contribution is 2.21. The molecule has 0 bridgehead atoms. The molecule has 0 radical (unpaired) electrons. The molecule has 146 valence electrons. The van der Waals surface area contributed by atoms with Gasteiger partial charge in [0.05, 0.1) is 18.8 Å². The predicted octanol–water partition coefficient (Wildman–Crippen LogP) is 2.79. The number of ether oxygens (including phenoxy) is 2. The summed E-state index contributed by atoms with van der Waals surface area (Å²) in [7, 11) is 0. The molecule has 1 aromatic rings. The number of β-amino-alcohol motifs (C(OH)–C–C–N with tert-alkyl or cyclic N) is 1. The minimum absolute atomic E-state index is 0.0132. The molecule has 0 aromatic heterocycles. The predicted molar refractivity (Wildman–Crippen MR) is 101 cm³/mol. The van der Waals surface area contributed by atoms with E-state index in [0.29, 0.717) is 26.2 Å². The lowest BCUT2D eigenvalue weighted by Gasteiger charge is -2.24. The van der Waals surface area contributed by atoms with E-state index in [1.165, 1.54) is 0 Å². The first-order valence-electron chi connectivity index (χ1n) is 9.27. The molecule has 1 aromatic carbocycles. The number of aliphatic hydroxyl groups excluding tert-OH is 1. The summed E-state index contributed by atoms with van der Waals surface area (Å²) in [6.45, 7) is 11.6. The van der Waals surface area contributed by atoms with Crippen molar-refractivity contribution in [3.05, 3.63) is 29.8 Å². The molecule has 2 N–H and O–H groups in total. The summed E-state index contributed by atoms with van der Waals surface area (Å²) >= 11 is 0. The van der Waals surface area contributed by atoms with Crippen LogP contribution in [0.25, 0.3) is 0 Å². The van der Waals surface area contributed by atoms with Crippen LogP contribution in [-0.4, -0.2) is 53.5 Å². The standard InChI is InChI=1S/C20H32N2O4/c1-14(2)25-18-9-7-6-8-15(18)10-21-11-16-12-22(13-17(16)23)19(24)26-20(3,4)5/h6-9,14,16-17,21,23H,10-13H2,1-5H3/t16-,17-/m0/s1. The molecule has 1 aliphatic rings. The lowest BCUT2D eigenvalue weighted by Crippen LogP contribution is -2.36. The minimum atomic E-state index is -0.544. The molecule has 26 heavy (non-hydrogen) atoms. The van der Waals surface area contributed by atoms with E-state index in [-0.39, 0.29) is 18.1 Å². The van der Waals surface area contributed by atoms with Gasteiger partial charge < -0.3 is 24.8 Å². The molecule has 0 aliphatic carbocycles. The third kappa shape index (κ3) is 6.18. The van der Waals surface area contributed by atoms with Crippen molar-refractivity contribution in [2.24, 2.45) is 5.92 Å². The normalized spacial score (nSPS) is 20.5. The van der Waals surface area contributed by atoms with Gasteiger partial charge in [0.2, 0.25) is 0 Å². The third-order valence-electron chi connectivity index (χ3n) is 4.12. The number of para-hydroxylation sites is 1. The molecule has 0 spiro atoms. The van der Waals surface area contributed by atoms with E-state index in [1.54, 1.807) is 4.90 Å². The van der Waals surface area contributed by atoms with E-state index in [9.17, 15) is 9.90 Å². The quantitative estimate of drug-likeness (QED) is 0.812. The average Bonchev–Trinajstić information content (AvgIpc) is 2.88. The van der Waals surface area contributed by atoms with Crippen LogP contribution in [0.5, 0.6) is 5.75 Å². The van der Waals surface area contributed by atoms with Crippen LogP contribution in [0.3, 0.4) is 0 Å². The second-order valence-corrected chi connectivity index (χ2v) is 8.12. The van der Waals surface area contributed by atoms with Gasteiger partial charge in [-0.2, -0.15) is 0 Å². The van der Waals surface area contributed by atoms with Crippen LogP contribution in [0.2, 0.25) is 0 Å². The SMILES string of the molecule is CC(C)Oc1ccccc1CNC[C@H]1CN(C(=O)OC(C)(C)C)C[C@@H]1O. The molecule has 0 unspecified atom stereocenters. The molecule has 2 atom stereocenters. The minimum Gasteiger partial charge on any atom is -0.491 e. The zero-order valence-corrected chi connectivity index (χ0v) is 16.5. The maximum atomic E-state index is 12.2. The van der Waals surface area contributed by atoms with E-state index in [1.807, 2.05) is 58.9 Å². The van der Waals surface area contributed by atoms with Gasteiger partial charge in [-0.05, 0) is 40.7 Å². The summed E-state index contributed by atoms with van der Waals surface area (Å²) in [6.07, 6.45) is -0.790. The number of benzene rings is 1. The van der Waals surface area contributed by atoms with Crippen LogP contribution in [0.15, 0.2) is 24.3 Å².